The molecular formula is C18H12N4O8. The number of non-ortho nitro benzene ring substituents is 2. The van der Waals surface area contributed by atoms with Crippen LogP contribution < -0.4 is 0 Å². The van der Waals surface area contributed by atoms with Gasteiger partial charge >= 0.3 is 0 Å². The van der Waals surface area contributed by atoms with Crippen LogP contribution in [0.2, 0.25) is 0 Å². The van der Waals surface area contributed by atoms with Crippen LogP contribution in [0.25, 0.3) is 0 Å². The lowest BCUT2D eigenvalue weighted by atomic mass is 10.1. The van der Waals surface area contributed by atoms with Crippen LogP contribution in [0.15, 0.2) is 48.5 Å². The fourth-order valence-electron chi connectivity index (χ4n) is 2.75. The predicted molar refractivity (Wildman–Crippen MR) is 98.3 cm³/mol. The van der Waals surface area contributed by atoms with E-state index < -0.39 is 46.6 Å². The lowest BCUT2D eigenvalue weighted by molar-refractivity contribution is -0.385. The summed E-state index contributed by atoms with van der Waals surface area (Å²) in [5, 5.41) is 21.4. The molecule has 1 aliphatic rings. The molecule has 1 heterocycles. The average molecular weight is 412 g/mol. The summed E-state index contributed by atoms with van der Waals surface area (Å²) in [5.41, 5.74) is -0.547. The number of carbonyl (C=O) groups excluding carboxylic acids is 4. The fourth-order valence-corrected chi connectivity index (χ4v) is 2.75. The van der Waals surface area contributed by atoms with Crippen molar-refractivity contribution in [1.82, 2.24) is 9.80 Å². The van der Waals surface area contributed by atoms with Crippen LogP contribution in [0.5, 0.6) is 0 Å². The highest BCUT2D eigenvalue weighted by atomic mass is 16.6. The van der Waals surface area contributed by atoms with E-state index in [0.717, 1.165) is 48.5 Å². The third-order valence-corrected chi connectivity index (χ3v) is 4.33. The zero-order valence-electron chi connectivity index (χ0n) is 15.1. The Morgan fingerprint density at radius 3 is 1.23 bits per heavy atom. The van der Waals surface area contributed by atoms with Gasteiger partial charge in [0.1, 0.15) is 13.1 Å². The van der Waals surface area contributed by atoms with Gasteiger partial charge in [0.25, 0.3) is 23.2 Å². The SMILES string of the molecule is O=C1CN(C(=O)c2ccc([N+](=O)[O-])cc2)C(=O)CN1C(=O)c1ccc([N+](=O)[O-])cc1. The van der Waals surface area contributed by atoms with Crippen molar-refractivity contribution in [3.8, 4) is 0 Å². The number of nitro benzene ring substituents is 2. The van der Waals surface area contributed by atoms with E-state index in [4.69, 9.17) is 0 Å². The molecule has 0 unspecified atom stereocenters. The monoisotopic (exact) mass is 412 g/mol. The van der Waals surface area contributed by atoms with Crippen LogP contribution in [0, 0.1) is 20.2 Å². The molecular weight excluding hydrogens is 400 g/mol. The van der Waals surface area contributed by atoms with Crippen LogP contribution in [0.3, 0.4) is 0 Å². The normalized spacial score (nSPS) is 13.9. The maximum atomic E-state index is 12.5. The number of piperazine rings is 1. The number of carbonyl (C=O) groups is 4. The van der Waals surface area contributed by atoms with E-state index in [1.165, 1.54) is 0 Å². The molecule has 3 rings (SSSR count). The fraction of sp³-hybridized carbons (Fsp3) is 0.111. The number of amides is 4. The first kappa shape index (κ1) is 20.3. The highest BCUT2D eigenvalue weighted by molar-refractivity contribution is 6.15. The molecule has 0 aromatic heterocycles. The number of hydrogen-bond donors (Lipinski definition) is 0. The van der Waals surface area contributed by atoms with E-state index in [1.54, 1.807) is 0 Å². The van der Waals surface area contributed by atoms with Gasteiger partial charge in [0.05, 0.1) is 9.85 Å². The zero-order valence-corrected chi connectivity index (χ0v) is 15.1. The Labute approximate surface area is 167 Å². The van der Waals surface area contributed by atoms with Gasteiger partial charge in [-0.3, -0.25) is 49.2 Å². The molecule has 30 heavy (non-hydrogen) atoms. The Balaban J connectivity index is 1.74. The standard InChI is InChI=1S/C18H12N4O8/c23-15-10-20(18(26)12-3-7-14(8-4-12)22(29)30)16(24)9-19(15)17(25)11-1-5-13(6-2-11)21(27)28/h1-8H,9-10H2. The van der Waals surface area contributed by atoms with Crippen LogP contribution in [-0.4, -0.2) is 56.4 Å². The smallest absolute Gasteiger partial charge is 0.269 e. The van der Waals surface area contributed by atoms with Gasteiger partial charge in [-0.15, -0.1) is 0 Å². The number of benzene rings is 2. The molecule has 12 nitrogen and oxygen atoms in total. The van der Waals surface area contributed by atoms with E-state index in [0.29, 0.717) is 9.80 Å². The maximum absolute atomic E-state index is 12.5. The number of imide groups is 2. The second-order valence-electron chi connectivity index (χ2n) is 6.18. The number of rotatable bonds is 4. The van der Waals surface area contributed by atoms with E-state index in [2.05, 4.69) is 0 Å². The second-order valence-corrected chi connectivity index (χ2v) is 6.18. The summed E-state index contributed by atoms with van der Waals surface area (Å²) in [4.78, 5) is 71.2. The first-order valence-corrected chi connectivity index (χ1v) is 8.37. The summed E-state index contributed by atoms with van der Waals surface area (Å²) in [5.74, 6) is -3.28. The summed E-state index contributed by atoms with van der Waals surface area (Å²) in [6.07, 6.45) is 0. The Bertz CT molecular complexity index is 991. The molecule has 0 spiro atoms. The zero-order chi connectivity index (χ0) is 22.0. The average Bonchev–Trinajstić information content (AvgIpc) is 2.74. The van der Waals surface area contributed by atoms with Crippen LogP contribution in [0.4, 0.5) is 11.4 Å². The summed E-state index contributed by atoms with van der Waals surface area (Å²) in [7, 11) is 0. The van der Waals surface area contributed by atoms with E-state index in [1.807, 2.05) is 0 Å². The van der Waals surface area contributed by atoms with Crippen molar-refractivity contribution in [2.45, 2.75) is 0 Å². The minimum Gasteiger partial charge on any atom is -0.272 e. The van der Waals surface area contributed by atoms with Crippen molar-refractivity contribution >= 4 is 35.0 Å². The lowest BCUT2D eigenvalue weighted by Gasteiger charge is -2.31. The van der Waals surface area contributed by atoms with Gasteiger partial charge in [0.15, 0.2) is 0 Å². The molecule has 152 valence electrons. The summed E-state index contributed by atoms with van der Waals surface area (Å²) >= 11 is 0. The van der Waals surface area contributed by atoms with Crippen molar-refractivity contribution < 1.29 is 29.0 Å². The minimum absolute atomic E-state index is 0.0307. The highest BCUT2D eigenvalue weighted by Crippen LogP contribution is 2.18. The first-order chi connectivity index (χ1) is 14.2. The molecule has 0 bridgehead atoms. The van der Waals surface area contributed by atoms with E-state index in [9.17, 15) is 39.4 Å². The molecule has 2 aromatic carbocycles. The van der Waals surface area contributed by atoms with Gasteiger partial charge in [-0.25, -0.2) is 0 Å². The number of nitro groups is 2. The molecule has 0 radical (unpaired) electrons. The molecule has 4 amide bonds. The highest BCUT2D eigenvalue weighted by Gasteiger charge is 2.37. The summed E-state index contributed by atoms with van der Waals surface area (Å²) in [6, 6.07) is 9.00. The van der Waals surface area contributed by atoms with Crippen molar-refractivity contribution in [2.24, 2.45) is 0 Å². The van der Waals surface area contributed by atoms with Gasteiger partial charge in [-0.1, -0.05) is 0 Å². The van der Waals surface area contributed by atoms with Crippen LogP contribution >= 0.6 is 0 Å². The molecule has 0 atom stereocenters. The number of hydrogen-bond acceptors (Lipinski definition) is 8. The van der Waals surface area contributed by atoms with Crippen molar-refractivity contribution in [3.63, 3.8) is 0 Å². The topological polar surface area (TPSA) is 161 Å². The third kappa shape index (κ3) is 3.87. The Morgan fingerprint density at radius 1 is 0.667 bits per heavy atom. The van der Waals surface area contributed by atoms with E-state index >= 15 is 0 Å². The Kier molecular flexibility index (Phi) is 5.31. The summed E-state index contributed by atoms with van der Waals surface area (Å²) in [6.45, 7) is -1.37. The Morgan fingerprint density at radius 2 is 0.967 bits per heavy atom. The number of nitrogens with zero attached hydrogens (tertiary/aromatic N) is 4. The van der Waals surface area contributed by atoms with Crippen molar-refractivity contribution in [3.05, 3.63) is 79.9 Å². The second kappa shape index (κ2) is 7.87. The molecule has 1 fully saturated rings. The van der Waals surface area contributed by atoms with Crippen molar-refractivity contribution in [2.75, 3.05) is 13.1 Å². The largest absolute Gasteiger partial charge is 0.272 e. The minimum atomic E-state index is -0.828. The molecule has 0 saturated carbocycles. The molecule has 12 heteroatoms. The van der Waals surface area contributed by atoms with Crippen molar-refractivity contribution in [1.29, 1.82) is 0 Å². The molecule has 1 aliphatic heterocycles. The molecule has 1 saturated heterocycles. The molecule has 0 aliphatic carbocycles. The first-order valence-electron chi connectivity index (χ1n) is 8.37. The van der Waals surface area contributed by atoms with Gasteiger partial charge in [0.2, 0.25) is 11.8 Å². The van der Waals surface area contributed by atoms with Crippen LogP contribution in [0.1, 0.15) is 20.7 Å². The van der Waals surface area contributed by atoms with Crippen LogP contribution in [-0.2, 0) is 9.59 Å². The maximum Gasteiger partial charge on any atom is 0.269 e. The van der Waals surface area contributed by atoms with Gasteiger partial charge in [-0.2, -0.15) is 0 Å². The summed E-state index contributed by atoms with van der Waals surface area (Å²) < 4.78 is 0. The third-order valence-electron chi connectivity index (χ3n) is 4.33. The predicted octanol–water partition coefficient (Wildman–Crippen LogP) is 1.15. The lowest BCUT2D eigenvalue weighted by Crippen LogP contribution is -2.57. The Hall–Kier alpha value is -4.48. The van der Waals surface area contributed by atoms with Gasteiger partial charge in [-0.05, 0) is 24.3 Å². The quantitative estimate of drug-likeness (QED) is 0.410. The van der Waals surface area contributed by atoms with Gasteiger partial charge < -0.3 is 0 Å². The molecule has 2 aromatic rings. The van der Waals surface area contributed by atoms with E-state index in [-0.39, 0.29) is 22.5 Å². The molecule has 0 N–H and O–H groups in total. The van der Waals surface area contributed by atoms with Gasteiger partial charge in [0, 0.05) is 35.4 Å².